The summed E-state index contributed by atoms with van der Waals surface area (Å²) in [7, 11) is 0. The van der Waals surface area contributed by atoms with Gasteiger partial charge in [-0.05, 0) is 48.4 Å². The molecule has 2 N–H and O–H groups in total. The summed E-state index contributed by atoms with van der Waals surface area (Å²) in [5.41, 5.74) is 13.1. The number of benzene rings is 2. The average molecular weight is 267 g/mol. The fraction of sp³-hybridized carbons (Fsp3) is 0.368. The van der Waals surface area contributed by atoms with Crippen molar-refractivity contribution in [1.82, 2.24) is 0 Å². The van der Waals surface area contributed by atoms with Gasteiger partial charge >= 0.3 is 0 Å². The van der Waals surface area contributed by atoms with Crippen molar-refractivity contribution in [2.75, 3.05) is 0 Å². The lowest BCUT2D eigenvalue weighted by Gasteiger charge is -2.15. The van der Waals surface area contributed by atoms with Gasteiger partial charge in [0.05, 0.1) is 0 Å². The zero-order chi connectivity index (χ0) is 14.5. The van der Waals surface area contributed by atoms with Crippen molar-refractivity contribution in [3.05, 3.63) is 70.3 Å². The predicted octanol–water partition coefficient (Wildman–Crippen LogP) is 4.36. The summed E-state index contributed by atoms with van der Waals surface area (Å²) >= 11 is 0. The van der Waals surface area contributed by atoms with Gasteiger partial charge in [0, 0.05) is 6.04 Å². The van der Waals surface area contributed by atoms with Crippen LogP contribution in [0.4, 0.5) is 0 Å². The van der Waals surface area contributed by atoms with Crippen LogP contribution in [0.3, 0.4) is 0 Å². The first-order valence-corrected chi connectivity index (χ1v) is 7.56. The second kappa shape index (κ2) is 6.71. The van der Waals surface area contributed by atoms with E-state index < -0.39 is 0 Å². The smallest absolute Gasteiger partial charge is 0.0335 e. The molecule has 1 heteroatoms. The van der Waals surface area contributed by atoms with Crippen LogP contribution in [-0.4, -0.2) is 0 Å². The summed E-state index contributed by atoms with van der Waals surface area (Å²) in [5.74, 6) is 0. The van der Waals surface area contributed by atoms with Crippen LogP contribution in [0.15, 0.2) is 42.5 Å². The fourth-order valence-corrected chi connectivity index (χ4v) is 2.76. The molecular formula is C19H25N. The van der Waals surface area contributed by atoms with Crippen molar-refractivity contribution in [3.63, 3.8) is 0 Å². The Labute approximate surface area is 122 Å². The first-order chi connectivity index (χ1) is 9.63. The van der Waals surface area contributed by atoms with E-state index in [1.165, 1.54) is 27.8 Å². The van der Waals surface area contributed by atoms with Gasteiger partial charge < -0.3 is 5.73 Å². The molecule has 0 bridgehead atoms. The van der Waals surface area contributed by atoms with Gasteiger partial charge in [0.15, 0.2) is 0 Å². The number of hydrogen-bond donors (Lipinski definition) is 1. The van der Waals surface area contributed by atoms with E-state index in [1.807, 2.05) is 0 Å². The lowest BCUT2D eigenvalue weighted by molar-refractivity contribution is 0.719. The van der Waals surface area contributed by atoms with Gasteiger partial charge in [-0.1, -0.05) is 61.9 Å². The van der Waals surface area contributed by atoms with Crippen molar-refractivity contribution in [3.8, 4) is 0 Å². The van der Waals surface area contributed by atoms with Crippen molar-refractivity contribution in [2.24, 2.45) is 5.73 Å². The van der Waals surface area contributed by atoms with Crippen molar-refractivity contribution in [2.45, 2.75) is 46.1 Å². The molecule has 2 rings (SSSR count). The van der Waals surface area contributed by atoms with Crippen molar-refractivity contribution in [1.29, 1.82) is 0 Å². The number of rotatable bonds is 5. The third kappa shape index (κ3) is 3.49. The second-order valence-corrected chi connectivity index (χ2v) is 5.53. The third-order valence-electron chi connectivity index (χ3n) is 3.96. The largest absolute Gasteiger partial charge is 0.324 e. The Bertz CT molecular complexity index is 572. The van der Waals surface area contributed by atoms with Gasteiger partial charge in [-0.15, -0.1) is 0 Å². The molecular weight excluding hydrogens is 242 g/mol. The Morgan fingerprint density at radius 1 is 0.950 bits per heavy atom. The molecule has 0 amide bonds. The summed E-state index contributed by atoms with van der Waals surface area (Å²) in [6.45, 7) is 6.55. The molecule has 106 valence electrons. The Hall–Kier alpha value is -1.60. The van der Waals surface area contributed by atoms with Crippen LogP contribution >= 0.6 is 0 Å². The lowest BCUT2D eigenvalue weighted by atomic mass is 9.94. The molecule has 0 fully saturated rings. The minimum absolute atomic E-state index is 0.0769. The van der Waals surface area contributed by atoms with Crippen LogP contribution < -0.4 is 5.73 Å². The van der Waals surface area contributed by atoms with Gasteiger partial charge in [0.2, 0.25) is 0 Å². The molecule has 1 nitrogen and oxygen atoms in total. The monoisotopic (exact) mass is 267 g/mol. The van der Waals surface area contributed by atoms with E-state index in [0.717, 1.165) is 19.3 Å². The normalized spacial score (nSPS) is 12.4. The lowest BCUT2D eigenvalue weighted by Crippen LogP contribution is -2.14. The standard InChI is InChI=1S/C19H25N/c1-4-16-9-10-18(13-17(16)5-2)19(20)12-15-8-6-7-14(3)11-15/h6-11,13,19H,4-5,12,20H2,1-3H3. The second-order valence-electron chi connectivity index (χ2n) is 5.53. The Balaban J connectivity index is 2.18. The van der Waals surface area contributed by atoms with E-state index in [2.05, 4.69) is 63.2 Å². The minimum Gasteiger partial charge on any atom is -0.324 e. The molecule has 0 spiro atoms. The van der Waals surface area contributed by atoms with Crippen LogP contribution in [0, 0.1) is 6.92 Å². The molecule has 0 saturated heterocycles. The maximum absolute atomic E-state index is 6.39. The SMILES string of the molecule is CCc1ccc(C(N)Cc2cccc(C)c2)cc1CC. The van der Waals surface area contributed by atoms with Gasteiger partial charge in [-0.2, -0.15) is 0 Å². The Morgan fingerprint density at radius 3 is 2.35 bits per heavy atom. The molecule has 1 atom stereocenters. The van der Waals surface area contributed by atoms with Crippen LogP contribution in [0.25, 0.3) is 0 Å². The van der Waals surface area contributed by atoms with E-state index >= 15 is 0 Å². The fourth-order valence-electron chi connectivity index (χ4n) is 2.76. The van der Waals surface area contributed by atoms with Gasteiger partial charge in [-0.25, -0.2) is 0 Å². The molecule has 0 heterocycles. The van der Waals surface area contributed by atoms with Crippen LogP contribution in [0.5, 0.6) is 0 Å². The highest BCUT2D eigenvalue weighted by atomic mass is 14.6. The van der Waals surface area contributed by atoms with Crippen LogP contribution in [0.1, 0.15) is 47.7 Å². The molecule has 2 aromatic carbocycles. The summed E-state index contributed by atoms with van der Waals surface area (Å²) in [4.78, 5) is 0. The Morgan fingerprint density at radius 2 is 1.70 bits per heavy atom. The molecule has 20 heavy (non-hydrogen) atoms. The molecule has 0 radical (unpaired) electrons. The first kappa shape index (κ1) is 14.8. The van der Waals surface area contributed by atoms with E-state index in [1.54, 1.807) is 0 Å². The summed E-state index contributed by atoms with van der Waals surface area (Å²) in [6.07, 6.45) is 3.07. The number of nitrogens with two attached hydrogens (primary N) is 1. The zero-order valence-electron chi connectivity index (χ0n) is 12.8. The van der Waals surface area contributed by atoms with E-state index in [4.69, 9.17) is 5.73 Å². The molecule has 1 unspecified atom stereocenters. The van der Waals surface area contributed by atoms with E-state index in [0.29, 0.717) is 0 Å². The molecule has 0 aliphatic rings. The van der Waals surface area contributed by atoms with E-state index in [9.17, 15) is 0 Å². The van der Waals surface area contributed by atoms with Gasteiger partial charge in [0.1, 0.15) is 0 Å². The molecule has 0 aromatic heterocycles. The van der Waals surface area contributed by atoms with E-state index in [-0.39, 0.29) is 6.04 Å². The topological polar surface area (TPSA) is 26.0 Å². The molecule has 0 saturated carbocycles. The Kier molecular flexibility index (Phi) is 4.97. The first-order valence-electron chi connectivity index (χ1n) is 7.56. The summed E-state index contributed by atoms with van der Waals surface area (Å²) < 4.78 is 0. The highest BCUT2D eigenvalue weighted by Gasteiger charge is 2.09. The van der Waals surface area contributed by atoms with Gasteiger partial charge in [-0.3, -0.25) is 0 Å². The molecule has 0 aliphatic heterocycles. The van der Waals surface area contributed by atoms with Crippen LogP contribution in [0.2, 0.25) is 0 Å². The number of aryl methyl sites for hydroxylation is 3. The highest BCUT2D eigenvalue weighted by molar-refractivity contribution is 5.34. The zero-order valence-corrected chi connectivity index (χ0v) is 12.8. The number of hydrogen-bond acceptors (Lipinski definition) is 1. The van der Waals surface area contributed by atoms with Crippen molar-refractivity contribution >= 4 is 0 Å². The van der Waals surface area contributed by atoms with Crippen LogP contribution in [-0.2, 0) is 19.3 Å². The predicted molar refractivity (Wildman–Crippen MR) is 87.0 cm³/mol. The molecule has 0 aliphatic carbocycles. The minimum atomic E-state index is 0.0769. The molecule has 2 aromatic rings. The van der Waals surface area contributed by atoms with Crippen molar-refractivity contribution < 1.29 is 0 Å². The third-order valence-corrected chi connectivity index (χ3v) is 3.96. The summed E-state index contributed by atoms with van der Waals surface area (Å²) in [5, 5.41) is 0. The van der Waals surface area contributed by atoms with Gasteiger partial charge in [0.25, 0.3) is 0 Å². The maximum Gasteiger partial charge on any atom is 0.0335 e. The highest BCUT2D eigenvalue weighted by Crippen LogP contribution is 2.21. The maximum atomic E-state index is 6.39. The summed E-state index contributed by atoms with van der Waals surface area (Å²) in [6, 6.07) is 15.4. The average Bonchev–Trinajstić information content (AvgIpc) is 2.46. The quantitative estimate of drug-likeness (QED) is 0.855.